The van der Waals surface area contributed by atoms with Gasteiger partial charge in [0, 0.05) is 19.2 Å². The summed E-state index contributed by atoms with van der Waals surface area (Å²) < 4.78 is 5.20. The van der Waals surface area contributed by atoms with Crippen molar-refractivity contribution < 1.29 is 11.0 Å². The summed E-state index contributed by atoms with van der Waals surface area (Å²) in [5.41, 5.74) is 2.04. The Bertz CT molecular complexity index is 353. The molecule has 16 heavy (non-hydrogen) atoms. The van der Waals surface area contributed by atoms with Gasteiger partial charge in [0.1, 0.15) is 6.61 Å². The molecule has 1 aromatic carbocycles. The van der Waals surface area contributed by atoms with Gasteiger partial charge < -0.3 is 10.1 Å². The van der Waals surface area contributed by atoms with Crippen LogP contribution in [0.4, 0.5) is 5.69 Å². The van der Waals surface area contributed by atoms with Gasteiger partial charge in [-0.25, -0.2) is 0 Å². The molecule has 0 spiro atoms. The summed E-state index contributed by atoms with van der Waals surface area (Å²) >= 11 is 0. The highest BCUT2D eigenvalue weighted by Crippen LogP contribution is 2.16. The van der Waals surface area contributed by atoms with E-state index < -0.39 is 0 Å². The van der Waals surface area contributed by atoms with Crippen LogP contribution in [-0.4, -0.2) is 12.5 Å². The molecule has 0 saturated carbocycles. The van der Waals surface area contributed by atoms with E-state index >= 15 is 0 Å². The first-order valence-electron chi connectivity index (χ1n) is 5.63. The van der Waals surface area contributed by atoms with E-state index in [1.165, 1.54) is 0 Å². The number of benzene rings is 1. The molecule has 0 aromatic heterocycles. The van der Waals surface area contributed by atoms with Gasteiger partial charge in [0.2, 0.25) is 0 Å². The molecule has 0 amide bonds. The second kappa shape index (κ2) is 6.16. The molecule has 1 N–H and O–H groups in total. The smallest absolute Gasteiger partial charge is 0.308 e. The van der Waals surface area contributed by atoms with Gasteiger partial charge in [0.15, 0.2) is 0 Å². The van der Waals surface area contributed by atoms with Crippen LogP contribution >= 0.6 is 0 Å². The monoisotopic (exact) mass is 223 g/mol. The predicted molar refractivity (Wildman–Crippen MR) is 67.4 cm³/mol. The van der Waals surface area contributed by atoms with Crippen LogP contribution in [0.25, 0.3) is 0 Å². The van der Waals surface area contributed by atoms with E-state index in [2.05, 4.69) is 5.32 Å². The second-order valence-corrected chi connectivity index (χ2v) is 3.95. The highest BCUT2D eigenvalue weighted by molar-refractivity contribution is 5.71. The number of esters is 1. The highest BCUT2D eigenvalue weighted by atomic mass is 16.5. The van der Waals surface area contributed by atoms with Crippen molar-refractivity contribution in [3.05, 3.63) is 29.8 Å². The SMILES string of the molecule is CCNc1ccccc1COC(=O)C(C)C.[HH]. The lowest BCUT2D eigenvalue weighted by atomic mass is 10.2. The minimum Gasteiger partial charge on any atom is -0.461 e. The summed E-state index contributed by atoms with van der Waals surface area (Å²) in [5.74, 6) is -0.238. The summed E-state index contributed by atoms with van der Waals surface area (Å²) in [4.78, 5) is 11.3. The second-order valence-electron chi connectivity index (χ2n) is 3.95. The van der Waals surface area contributed by atoms with Gasteiger partial charge in [-0.1, -0.05) is 32.0 Å². The molecule has 0 aliphatic rings. The number of ether oxygens (including phenoxy) is 1. The van der Waals surface area contributed by atoms with E-state index in [1.54, 1.807) is 0 Å². The quantitative estimate of drug-likeness (QED) is 0.780. The maximum absolute atomic E-state index is 11.3. The van der Waals surface area contributed by atoms with E-state index in [4.69, 9.17) is 4.74 Å². The van der Waals surface area contributed by atoms with Crippen LogP contribution in [0.3, 0.4) is 0 Å². The first kappa shape index (κ1) is 12.6. The standard InChI is InChI=1S/C13H19NO2.H2/c1-4-14-12-8-6-5-7-11(12)9-16-13(15)10(2)3;/h5-8,10,14H,4,9H2,1-3H3;1H. The average Bonchev–Trinajstić information content (AvgIpc) is 2.27. The van der Waals surface area contributed by atoms with Crippen molar-refractivity contribution in [2.24, 2.45) is 5.92 Å². The number of rotatable bonds is 5. The van der Waals surface area contributed by atoms with Crippen LogP contribution in [0.15, 0.2) is 24.3 Å². The molecular weight excluding hydrogens is 202 g/mol. The third kappa shape index (κ3) is 3.57. The topological polar surface area (TPSA) is 38.3 Å². The van der Waals surface area contributed by atoms with Crippen molar-refractivity contribution in [2.75, 3.05) is 11.9 Å². The summed E-state index contributed by atoms with van der Waals surface area (Å²) in [6.07, 6.45) is 0. The first-order valence-corrected chi connectivity index (χ1v) is 5.63. The van der Waals surface area contributed by atoms with Crippen molar-refractivity contribution in [1.82, 2.24) is 0 Å². The largest absolute Gasteiger partial charge is 0.461 e. The highest BCUT2D eigenvalue weighted by Gasteiger charge is 2.09. The third-order valence-corrected chi connectivity index (χ3v) is 2.23. The zero-order valence-electron chi connectivity index (χ0n) is 10.1. The summed E-state index contributed by atoms with van der Waals surface area (Å²) in [7, 11) is 0. The van der Waals surface area contributed by atoms with Crippen molar-refractivity contribution in [3.63, 3.8) is 0 Å². The summed E-state index contributed by atoms with van der Waals surface area (Å²) in [6.45, 7) is 6.89. The van der Waals surface area contributed by atoms with Crippen LogP contribution in [0.1, 0.15) is 27.8 Å². The number of carbonyl (C=O) groups is 1. The molecule has 0 radical (unpaired) electrons. The molecule has 0 fully saturated rings. The Morgan fingerprint density at radius 3 is 2.75 bits per heavy atom. The lowest BCUT2D eigenvalue weighted by Crippen LogP contribution is -2.12. The maximum atomic E-state index is 11.3. The fourth-order valence-corrected chi connectivity index (χ4v) is 1.32. The molecule has 0 saturated heterocycles. The van der Waals surface area contributed by atoms with Gasteiger partial charge in [-0.15, -0.1) is 0 Å². The normalized spacial score (nSPS) is 10.2. The van der Waals surface area contributed by atoms with E-state index in [0.29, 0.717) is 6.61 Å². The fraction of sp³-hybridized carbons (Fsp3) is 0.462. The Morgan fingerprint density at radius 2 is 2.12 bits per heavy atom. The van der Waals surface area contributed by atoms with E-state index in [1.807, 2.05) is 45.0 Å². The molecule has 0 heterocycles. The van der Waals surface area contributed by atoms with Gasteiger partial charge in [-0.3, -0.25) is 4.79 Å². The van der Waals surface area contributed by atoms with Crippen molar-refractivity contribution in [3.8, 4) is 0 Å². The number of anilines is 1. The van der Waals surface area contributed by atoms with Crippen molar-refractivity contribution in [1.29, 1.82) is 0 Å². The average molecular weight is 223 g/mol. The molecule has 90 valence electrons. The molecule has 1 rings (SSSR count). The van der Waals surface area contributed by atoms with Crippen LogP contribution in [0.5, 0.6) is 0 Å². The molecule has 0 atom stereocenters. The number of carbonyl (C=O) groups excluding carboxylic acids is 1. The number of para-hydroxylation sites is 1. The number of hydrogen-bond acceptors (Lipinski definition) is 3. The Morgan fingerprint density at radius 1 is 1.44 bits per heavy atom. The van der Waals surface area contributed by atoms with Crippen molar-refractivity contribution in [2.45, 2.75) is 27.4 Å². The third-order valence-electron chi connectivity index (χ3n) is 2.23. The Balaban J connectivity index is 0.00000256. The Hall–Kier alpha value is -1.51. The van der Waals surface area contributed by atoms with Crippen LogP contribution in [0, 0.1) is 5.92 Å². The van der Waals surface area contributed by atoms with Gasteiger partial charge in [0.05, 0.1) is 5.92 Å². The van der Waals surface area contributed by atoms with Crippen molar-refractivity contribution >= 4 is 11.7 Å². The molecule has 0 unspecified atom stereocenters. The molecule has 0 aliphatic heterocycles. The fourth-order valence-electron chi connectivity index (χ4n) is 1.32. The summed E-state index contributed by atoms with van der Waals surface area (Å²) in [5, 5.41) is 3.24. The molecule has 1 aromatic rings. The summed E-state index contributed by atoms with van der Waals surface area (Å²) in [6, 6.07) is 7.86. The van der Waals surface area contributed by atoms with Gasteiger partial charge in [-0.2, -0.15) is 0 Å². The van der Waals surface area contributed by atoms with E-state index in [-0.39, 0.29) is 13.3 Å². The Labute approximate surface area is 98.3 Å². The van der Waals surface area contributed by atoms with E-state index in [9.17, 15) is 4.79 Å². The molecule has 3 heteroatoms. The number of nitrogens with one attached hydrogen (secondary N) is 1. The van der Waals surface area contributed by atoms with Crippen LogP contribution < -0.4 is 5.32 Å². The van der Waals surface area contributed by atoms with Gasteiger partial charge >= 0.3 is 5.97 Å². The Kier molecular flexibility index (Phi) is 4.83. The molecular formula is C13H21NO2. The predicted octanol–water partition coefficient (Wildman–Crippen LogP) is 3.06. The van der Waals surface area contributed by atoms with E-state index in [0.717, 1.165) is 17.8 Å². The minimum absolute atomic E-state index is 0. The minimum atomic E-state index is -0.161. The van der Waals surface area contributed by atoms with Gasteiger partial charge in [-0.05, 0) is 13.0 Å². The lowest BCUT2D eigenvalue weighted by molar-refractivity contribution is -0.148. The lowest BCUT2D eigenvalue weighted by Gasteiger charge is -2.11. The van der Waals surface area contributed by atoms with Gasteiger partial charge in [0.25, 0.3) is 0 Å². The molecule has 0 bridgehead atoms. The zero-order chi connectivity index (χ0) is 12.0. The number of hydrogen-bond donors (Lipinski definition) is 1. The van der Waals surface area contributed by atoms with Crippen LogP contribution in [0.2, 0.25) is 0 Å². The molecule has 0 aliphatic carbocycles. The van der Waals surface area contributed by atoms with Crippen LogP contribution in [-0.2, 0) is 16.1 Å². The zero-order valence-corrected chi connectivity index (χ0v) is 10.1. The molecule has 3 nitrogen and oxygen atoms in total. The first-order chi connectivity index (χ1) is 7.65. The maximum Gasteiger partial charge on any atom is 0.308 e.